The summed E-state index contributed by atoms with van der Waals surface area (Å²) >= 11 is 0. The first-order valence-corrected chi connectivity index (χ1v) is 8.64. The minimum absolute atomic E-state index is 0.109. The Balaban J connectivity index is 1.50. The summed E-state index contributed by atoms with van der Waals surface area (Å²) in [5.41, 5.74) is 1.99. The Morgan fingerprint density at radius 1 is 1.03 bits per heavy atom. The van der Waals surface area contributed by atoms with Crippen LogP contribution in [0.2, 0.25) is 0 Å². The zero-order valence-corrected chi connectivity index (χ0v) is 15.5. The molecule has 1 heterocycles. The smallest absolute Gasteiger partial charge is 0.337 e. The van der Waals surface area contributed by atoms with Crippen LogP contribution >= 0.6 is 0 Å². The molecule has 3 rings (SSSR count). The second-order valence-electron chi connectivity index (χ2n) is 6.11. The van der Waals surface area contributed by atoms with Crippen LogP contribution in [0.25, 0.3) is 5.69 Å². The summed E-state index contributed by atoms with van der Waals surface area (Å²) in [4.78, 5) is 23.3. The van der Waals surface area contributed by atoms with E-state index in [1.165, 1.54) is 24.1 Å². The number of nitrogens with zero attached hydrogens (tertiary/aromatic N) is 2. The van der Waals surface area contributed by atoms with Crippen molar-refractivity contribution in [2.75, 3.05) is 7.11 Å². The molecule has 2 amide bonds. The van der Waals surface area contributed by atoms with Crippen molar-refractivity contribution in [2.24, 2.45) is 0 Å². The monoisotopic (exact) mass is 400 g/mol. The molecule has 29 heavy (non-hydrogen) atoms. The van der Waals surface area contributed by atoms with Crippen molar-refractivity contribution in [2.45, 2.75) is 13.1 Å². The molecule has 2 N–H and O–H groups in total. The van der Waals surface area contributed by atoms with E-state index in [0.717, 1.165) is 17.7 Å². The van der Waals surface area contributed by atoms with Crippen LogP contribution in [0.3, 0.4) is 0 Å². The fourth-order valence-electron chi connectivity index (χ4n) is 2.55. The molecular weight excluding hydrogens is 382 g/mol. The first kappa shape index (κ1) is 20.0. The maximum Gasteiger partial charge on any atom is 0.337 e. The van der Waals surface area contributed by atoms with Crippen LogP contribution < -0.4 is 10.6 Å². The minimum Gasteiger partial charge on any atom is -0.465 e. The van der Waals surface area contributed by atoms with E-state index in [2.05, 4.69) is 20.5 Å². The molecular formula is C20H18F2N4O3. The van der Waals surface area contributed by atoms with Crippen LogP contribution in [-0.4, -0.2) is 28.9 Å². The second-order valence-corrected chi connectivity index (χ2v) is 6.11. The van der Waals surface area contributed by atoms with E-state index in [-0.39, 0.29) is 18.8 Å². The molecule has 0 saturated heterocycles. The molecule has 0 aliphatic carbocycles. The highest BCUT2D eigenvalue weighted by molar-refractivity contribution is 5.89. The summed E-state index contributed by atoms with van der Waals surface area (Å²) in [5.74, 6) is -1.83. The van der Waals surface area contributed by atoms with Crippen molar-refractivity contribution < 1.29 is 23.1 Å². The SMILES string of the molecule is COC(=O)c1ccc(CNC(=O)NCc2cnn(-c3ccc(F)cc3F)c2)cc1. The number of amides is 2. The van der Waals surface area contributed by atoms with Gasteiger partial charge in [-0.1, -0.05) is 12.1 Å². The van der Waals surface area contributed by atoms with E-state index in [0.29, 0.717) is 11.1 Å². The Morgan fingerprint density at radius 3 is 2.38 bits per heavy atom. The molecule has 2 aromatic carbocycles. The first-order chi connectivity index (χ1) is 14.0. The molecule has 0 radical (unpaired) electrons. The standard InChI is InChI=1S/C20H18F2N4O3/c1-29-19(27)15-4-2-13(3-5-15)9-23-20(28)24-10-14-11-25-26(12-14)18-7-6-16(21)8-17(18)22/h2-8,11-12H,9-10H2,1H3,(H2,23,24,28). The molecule has 0 aliphatic heterocycles. The van der Waals surface area contributed by atoms with Crippen LogP contribution in [0.15, 0.2) is 54.9 Å². The van der Waals surface area contributed by atoms with Crippen LogP contribution in [0, 0.1) is 11.6 Å². The van der Waals surface area contributed by atoms with Gasteiger partial charge in [0.1, 0.15) is 11.5 Å². The lowest BCUT2D eigenvalue weighted by atomic mass is 10.1. The molecule has 9 heteroatoms. The van der Waals surface area contributed by atoms with Crippen molar-refractivity contribution in [3.8, 4) is 5.69 Å². The summed E-state index contributed by atoms with van der Waals surface area (Å²) in [7, 11) is 1.31. The summed E-state index contributed by atoms with van der Waals surface area (Å²) < 4.78 is 32.7. The van der Waals surface area contributed by atoms with Crippen molar-refractivity contribution in [1.29, 1.82) is 0 Å². The number of ether oxygens (including phenoxy) is 1. The molecule has 0 saturated carbocycles. The Bertz CT molecular complexity index is 1020. The van der Waals surface area contributed by atoms with Gasteiger partial charge in [-0.2, -0.15) is 5.10 Å². The van der Waals surface area contributed by atoms with Gasteiger partial charge in [-0.05, 0) is 29.8 Å². The van der Waals surface area contributed by atoms with Crippen molar-refractivity contribution in [3.05, 3.63) is 83.2 Å². The minimum atomic E-state index is -0.733. The third-order valence-corrected chi connectivity index (χ3v) is 4.07. The predicted molar refractivity (Wildman–Crippen MR) is 100 cm³/mol. The van der Waals surface area contributed by atoms with Gasteiger partial charge in [-0.3, -0.25) is 0 Å². The Labute approximate surface area is 165 Å². The molecule has 0 fully saturated rings. The molecule has 0 bridgehead atoms. The van der Waals surface area contributed by atoms with Crippen LogP contribution in [0.5, 0.6) is 0 Å². The molecule has 150 valence electrons. The van der Waals surface area contributed by atoms with Gasteiger partial charge in [0, 0.05) is 30.9 Å². The average Bonchev–Trinajstić information content (AvgIpc) is 3.19. The normalized spacial score (nSPS) is 10.4. The number of carbonyl (C=O) groups is 2. The Kier molecular flexibility index (Phi) is 6.18. The zero-order valence-electron chi connectivity index (χ0n) is 15.5. The lowest BCUT2D eigenvalue weighted by molar-refractivity contribution is 0.0600. The van der Waals surface area contributed by atoms with Gasteiger partial charge in [-0.15, -0.1) is 0 Å². The summed E-state index contributed by atoms with van der Waals surface area (Å²) in [6.07, 6.45) is 3.02. The molecule has 3 aromatic rings. The van der Waals surface area contributed by atoms with E-state index >= 15 is 0 Å². The molecule has 0 unspecified atom stereocenters. The van der Waals surface area contributed by atoms with Gasteiger partial charge >= 0.3 is 12.0 Å². The Hall–Kier alpha value is -3.75. The number of halogens is 2. The van der Waals surface area contributed by atoms with Gasteiger partial charge in [0.05, 0.1) is 18.9 Å². The van der Waals surface area contributed by atoms with Crippen molar-refractivity contribution in [1.82, 2.24) is 20.4 Å². The van der Waals surface area contributed by atoms with Gasteiger partial charge in [0.2, 0.25) is 0 Å². The lowest BCUT2D eigenvalue weighted by Gasteiger charge is -2.07. The van der Waals surface area contributed by atoms with Gasteiger partial charge < -0.3 is 15.4 Å². The zero-order chi connectivity index (χ0) is 20.8. The van der Waals surface area contributed by atoms with E-state index < -0.39 is 23.6 Å². The van der Waals surface area contributed by atoms with Crippen molar-refractivity contribution >= 4 is 12.0 Å². The summed E-state index contributed by atoms with van der Waals surface area (Å²) in [5, 5.41) is 9.38. The third-order valence-electron chi connectivity index (χ3n) is 4.07. The number of aromatic nitrogens is 2. The topological polar surface area (TPSA) is 85.2 Å². The first-order valence-electron chi connectivity index (χ1n) is 8.64. The summed E-state index contributed by atoms with van der Waals surface area (Å²) in [6.45, 7) is 0.448. The van der Waals surface area contributed by atoms with Gasteiger partial charge in [-0.25, -0.2) is 23.1 Å². The van der Waals surface area contributed by atoms with E-state index in [1.807, 2.05) is 0 Å². The number of esters is 1. The van der Waals surface area contributed by atoms with Gasteiger partial charge in [0.25, 0.3) is 0 Å². The highest BCUT2D eigenvalue weighted by Crippen LogP contribution is 2.14. The second kappa shape index (κ2) is 8.96. The maximum atomic E-state index is 13.8. The quantitative estimate of drug-likeness (QED) is 0.623. The molecule has 7 nitrogen and oxygen atoms in total. The highest BCUT2D eigenvalue weighted by Gasteiger charge is 2.09. The number of urea groups is 1. The van der Waals surface area contributed by atoms with E-state index in [1.54, 1.807) is 30.5 Å². The maximum absolute atomic E-state index is 13.8. The molecule has 0 atom stereocenters. The van der Waals surface area contributed by atoms with Crippen molar-refractivity contribution in [3.63, 3.8) is 0 Å². The fourth-order valence-corrected chi connectivity index (χ4v) is 2.55. The number of methoxy groups -OCH3 is 1. The highest BCUT2D eigenvalue weighted by atomic mass is 19.1. The number of rotatable bonds is 6. The fraction of sp³-hybridized carbons (Fsp3) is 0.150. The van der Waals surface area contributed by atoms with E-state index in [9.17, 15) is 18.4 Å². The Morgan fingerprint density at radius 2 is 1.72 bits per heavy atom. The number of hydrogen-bond donors (Lipinski definition) is 2. The molecule has 1 aromatic heterocycles. The van der Waals surface area contributed by atoms with E-state index in [4.69, 9.17) is 0 Å². The predicted octanol–water partition coefficient (Wildman–Crippen LogP) is 2.94. The largest absolute Gasteiger partial charge is 0.465 e. The van der Waals surface area contributed by atoms with Gasteiger partial charge in [0.15, 0.2) is 5.82 Å². The lowest BCUT2D eigenvalue weighted by Crippen LogP contribution is -2.34. The number of carbonyl (C=O) groups excluding carboxylic acids is 2. The summed E-state index contributed by atoms with van der Waals surface area (Å²) in [6, 6.07) is 9.47. The number of nitrogens with one attached hydrogen (secondary N) is 2. The molecule has 0 spiro atoms. The van der Waals surface area contributed by atoms with Crippen LogP contribution in [0.4, 0.5) is 13.6 Å². The van der Waals surface area contributed by atoms with Crippen LogP contribution in [0.1, 0.15) is 21.5 Å². The third kappa shape index (κ3) is 5.16. The number of benzene rings is 2. The molecule has 0 aliphatic rings. The average molecular weight is 400 g/mol. The number of hydrogen-bond acceptors (Lipinski definition) is 4. The van der Waals surface area contributed by atoms with Crippen LogP contribution in [-0.2, 0) is 17.8 Å².